The number of rotatable bonds is 8. The molecule has 2 saturated heterocycles. The minimum atomic E-state index is -3.69. The summed E-state index contributed by atoms with van der Waals surface area (Å²) in [6.45, 7) is 2.84. The number of amides is 1. The molecule has 2 aromatic rings. The third-order valence-electron chi connectivity index (χ3n) is 5.72. The Hall–Kier alpha value is -2.82. The third kappa shape index (κ3) is 5.40. The molecule has 10 heteroatoms. The zero-order valence-electron chi connectivity index (χ0n) is 18.7. The maximum atomic E-state index is 13.1. The number of nitrogens with one attached hydrogen (secondary N) is 1. The van der Waals surface area contributed by atoms with Gasteiger partial charge in [-0.15, -0.1) is 0 Å². The molecule has 33 heavy (non-hydrogen) atoms. The number of benzene rings is 2. The fraction of sp³-hybridized carbons (Fsp3) is 0.435. The van der Waals surface area contributed by atoms with Gasteiger partial charge in [-0.05, 0) is 43.2 Å². The van der Waals surface area contributed by atoms with Crippen LogP contribution in [0.25, 0.3) is 0 Å². The van der Waals surface area contributed by atoms with E-state index in [2.05, 4.69) is 10.2 Å². The molecular formula is C23H29N3O6S. The zero-order valence-corrected chi connectivity index (χ0v) is 19.5. The lowest BCUT2D eigenvalue weighted by Gasteiger charge is -2.27. The van der Waals surface area contributed by atoms with E-state index in [1.54, 1.807) is 36.4 Å². The molecular weight excluding hydrogens is 446 g/mol. The summed E-state index contributed by atoms with van der Waals surface area (Å²) in [5.74, 6) is 0.600. The molecule has 0 bridgehead atoms. The quantitative estimate of drug-likeness (QED) is 0.626. The van der Waals surface area contributed by atoms with Gasteiger partial charge in [-0.25, -0.2) is 8.42 Å². The van der Waals surface area contributed by atoms with Gasteiger partial charge in [-0.1, -0.05) is 12.1 Å². The van der Waals surface area contributed by atoms with E-state index in [9.17, 15) is 13.2 Å². The molecule has 2 heterocycles. The highest BCUT2D eigenvalue weighted by molar-refractivity contribution is 7.89. The number of ether oxygens (including phenoxy) is 3. The van der Waals surface area contributed by atoms with Crippen LogP contribution < -0.4 is 19.7 Å². The average Bonchev–Trinajstić information content (AvgIpc) is 3.38. The molecule has 2 aliphatic rings. The van der Waals surface area contributed by atoms with Crippen LogP contribution in [0, 0.1) is 0 Å². The predicted octanol–water partition coefficient (Wildman–Crippen LogP) is 2.33. The highest BCUT2D eigenvalue weighted by atomic mass is 32.2. The van der Waals surface area contributed by atoms with E-state index in [0.29, 0.717) is 43.5 Å². The number of carbonyl (C=O) groups is 1. The molecule has 0 saturated carbocycles. The van der Waals surface area contributed by atoms with Crippen molar-refractivity contribution in [2.45, 2.75) is 17.7 Å². The van der Waals surface area contributed by atoms with Gasteiger partial charge in [0.1, 0.15) is 0 Å². The summed E-state index contributed by atoms with van der Waals surface area (Å²) in [6.07, 6.45) is 2.11. The Morgan fingerprint density at radius 2 is 1.73 bits per heavy atom. The van der Waals surface area contributed by atoms with Crippen molar-refractivity contribution in [3.8, 4) is 11.5 Å². The first-order valence-corrected chi connectivity index (χ1v) is 12.5. The molecule has 2 fully saturated rings. The molecule has 0 spiro atoms. The zero-order chi connectivity index (χ0) is 23.3. The topological polar surface area (TPSA) is 97.4 Å². The Balaban J connectivity index is 1.55. The van der Waals surface area contributed by atoms with Crippen LogP contribution in [0.15, 0.2) is 47.4 Å². The van der Waals surface area contributed by atoms with Gasteiger partial charge in [0.2, 0.25) is 10.0 Å². The highest BCUT2D eigenvalue weighted by Crippen LogP contribution is 2.33. The van der Waals surface area contributed by atoms with Gasteiger partial charge in [0.05, 0.1) is 36.6 Å². The summed E-state index contributed by atoms with van der Waals surface area (Å²) < 4.78 is 43.9. The first-order valence-electron chi connectivity index (χ1n) is 11.0. The second kappa shape index (κ2) is 10.4. The van der Waals surface area contributed by atoms with Crippen molar-refractivity contribution in [2.24, 2.45) is 0 Å². The van der Waals surface area contributed by atoms with Crippen LogP contribution in [0.5, 0.6) is 11.5 Å². The standard InChI is InChI=1S/C23H29N3O6S/c1-30-21-6-2-3-7-22(21)32-17-23(27)24-19-16-18(8-9-20(19)25-10-4-5-11-25)33(28,29)26-12-14-31-15-13-26/h2-3,6-9,16H,4-5,10-15,17H2,1H3,(H,24,27). The van der Waals surface area contributed by atoms with Crippen LogP contribution in [0.1, 0.15) is 12.8 Å². The number of sulfonamides is 1. The lowest BCUT2D eigenvalue weighted by molar-refractivity contribution is -0.118. The van der Waals surface area contributed by atoms with Gasteiger partial charge in [0.25, 0.3) is 5.91 Å². The normalized spacial score (nSPS) is 17.1. The van der Waals surface area contributed by atoms with Crippen molar-refractivity contribution in [3.63, 3.8) is 0 Å². The van der Waals surface area contributed by atoms with Gasteiger partial charge in [0, 0.05) is 26.2 Å². The molecule has 2 aliphatic heterocycles. The number of morpholine rings is 1. The Labute approximate surface area is 194 Å². The van der Waals surface area contributed by atoms with Crippen LogP contribution in [0.4, 0.5) is 11.4 Å². The molecule has 9 nitrogen and oxygen atoms in total. The minimum Gasteiger partial charge on any atom is -0.493 e. The summed E-state index contributed by atoms with van der Waals surface area (Å²) in [4.78, 5) is 15.0. The smallest absolute Gasteiger partial charge is 0.262 e. The Morgan fingerprint density at radius 3 is 2.42 bits per heavy atom. The van der Waals surface area contributed by atoms with Crippen LogP contribution >= 0.6 is 0 Å². The number of carbonyl (C=O) groups excluding carboxylic acids is 1. The van der Waals surface area contributed by atoms with Gasteiger partial charge >= 0.3 is 0 Å². The van der Waals surface area contributed by atoms with E-state index in [1.165, 1.54) is 11.4 Å². The number of hydrogen-bond donors (Lipinski definition) is 1. The number of anilines is 2. The number of para-hydroxylation sites is 2. The molecule has 0 aromatic heterocycles. The van der Waals surface area contributed by atoms with Crippen molar-refractivity contribution in [1.29, 1.82) is 0 Å². The Bertz CT molecular complexity index is 1080. The number of nitrogens with zero attached hydrogens (tertiary/aromatic N) is 2. The van der Waals surface area contributed by atoms with Crippen molar-refractivity contribution < 1.29 is 27.4 Å². The molecule has 4 rings (SSSR count). The van der Waals surface area contributed by atoms with Crippen molar-refractivity contribution in [3.05, 3.63) is 42.5 Å². The molecule has 0 aliphatic carbocycles. The lowest BCUT2D eigenvalue weighted by atomic mass is 10.2. The maximum absolute atomic E-state index is 13.1. The molecule has 0 unspecified atom stereocenters. The van der Waals surface area contributed by atoms with Crippen LogP contribution in [-0.2, 0) is 19.6 Å². The first-order chi connectivity index (χ1) is 16.0. The summed E-state index contributed by atoms with van der Waals surface area (Å²) in [5, 5.41) is 2.86. The molecule has 0 radical (unpaired) electrons. The van der Waals surface area contributed by atoms with Crippen LogP contribution in [-0.4, -0.2) is 71.7 Å². The second-order valence-electron chi connectivity index (χ2n) is 7.88. The minimum absolute atomic E-state index is 0.147. The fourth-order valence-electron chi connectivity index (χ4n) is 4.01. The van der Waals surface area contributed by atoms with E-state index in [-0.39, 0.29) is 17.4 Å². The van der Waals surface area contributed by atoms with Gasteiger partial charge < -0.3 is 24.4 Å². The largest absolute Gasteiger partial charge is 0.493 e. The van der Waals surface area contributed by atoms with E-state index >= 15 is 0 Å². The van der Waals surface area contributed by atoms with E-state index in [1.807, 2.05) is 6.07 Å². The molecule has 1 amide bonds. The molecule has 178 valence electrons. The summed E-state index contributed by atoms with van der Waals surface area (Å²) in [7, 11) is -2.16. The van der Waals surface area contributed by atoms with Crippen molar-refractivity contribution in [1.82, 2.24) is 4.31 Å². The molecule has 0 atom stereocenters. The van der Waals surface area contributed by atoms with E-state index < -0.39 is 10.0 Å². The Morgan fingerprint density at radius 1 is 1.03 bits per heavy atom. The average molecular weight is 476 g/mol. The number of hydrogen-bond acceptors (Lipinski definition) is 7. The number of methoxy groups -OCH3 is 1. The van der Waals surface area contributed by atoms with Gasteiger partial charge in [0.15, 0.2) is 18.1 Å². The maximum Gasteiger partial charge on any atom is 0.262 e. The van der Waals surface area contributed by atoms with Crippen LogP contribution in [0.3, 0.4) is 0 Å². The SMILES string of the molecule is COc1ccccc1OCC(=O)Nc1cc(S(=O)(=O)N2CCOCC2)ccc1N1CCCC1. The van der Waals surface area contributed by atoms with Gasteiger partial charge in [-0.3, -0.25) is 4.79 Å². The van der Waals surface area contributed by atoms with E-state index in [0.717, 1.165) is 31.6 Å². The van der Waals surface area contributed by atoms with Gasteiger partial charge in [-0.2, -0.15) is 4.31 Å². The summed E-state index contributed by atoms with van der Waals surface area (Å²) in [5.41, 5.74) is 1.26. The van der Waals surface area contributed by atoms with Crippen molar-refractivity contribution in [2.75, 3.05) is 63.3 Å². The van der Waals surface area contributed by atoms with E-state index in [4.69, 9.17) is 14.2 Å². The highest BCUT2D eigenvalue weighted by Gasteiger charge is 2.28. The van der Waals surface area contributed by atoms with Crippen molar-refractivity contribution >= 4 is 27.3 Å². The third-order valence-corrected chi connectivity index (χ3v) is 7.62. The fourth-order valence-corrected chi connectivity index (χ4v) is 5.45. The summed E-state index contributed by atoms with van der Waals surface area (Å²) in [6, 6.07) is 12.0. The first kappa shape index (κ1) is 23.3. The second-order valence-corrected chi connectivity index (χ2v) is 9.82. The lowest BCUT2D eigenvalue weighted by Crippen LogP contribution is -2.40. The Kier molecular flexibility index (Phi) is 7.36. The predicted molar refractivity (Wildman–Crippen MR) is 125 cm³/mol. The van der Waals surface area contributed by atoms with Crippen LogP contribution in [0.2, 0.25) is 0 Å². The molecule has 1 N–H and O–H groups in total. The monoisotopic (exact) mass is 475 g/mol. The summed E-state index contributed by atoms with van der Waals surface area (Å²) >= 11 is 0. The molecule has 2 aromatic carbocycles.